The molecule has 3 N–H and O–H groups in total. The molecule has 0 radical (unpaired) electrons. The molecule has 1 atom stereocenters. The zero-order valence-corrected chi connectivity index (χ0v) is 11.9. The Labute approximate surface area is 111 Å². The SMILES string of the molecule is CCCCC(CN)NC(=O)CCCOCC.Cl. The van der Waals surface area contributed by atoms with Crippen molar-refractivity contribution in [3.05, 3.63) is 0 Å². The summed E-state index contributed by atoms with van der Waals surface area (Å²) in [5, 5.41) is 2.96. The predicted octanol–water partition coefficient (Wildman–Crippen LogP) is 1.86. The van der Waals surface area contributed by atoms with Crippen LogP contribution in [0.5, 0.6) is 0 Å². The Balaban J connectivity index is 0. The van der Waals surface area contributed by atoms with Crippen molar-refractivity contribution in [2.45, 2.75) is 52.0 Å². The number of carbonyl (C=O) groups excluding carboxylic acids is 1. The number of halogens is 1. The molecule has 0 aliphatic rings. The van der Waals surface area contributed by atoms with Crippen molar-refractivity contribution in [2.75, 3.05) is 19.8 Å². The number of nitrogens with two attached hydrogens (primary N) is 1. The number of ether oxygens (including phenoxy) is 1. The maximum Gasteiger partial charge on any atom is 0.220 e. The van der Waals surface area contributed by atoms with Crippen molar-refractivity contribution >= 4 is 18.3 Å². The Morgan fingerprint density at radius 1 is 1.35 bits per heavy atom. The monoisotopic (exact) mass is 266 g/mol. The smallest absolute Gasteiger partial charge is 0.220 e. The Bertz CT molecular complexity index is 180. The molecule has 5 heteroatoms. The van der Waals surface area contributed by atoms with E-state index < -0.39 is 0 Å². The summed E-state index contributed by atoms with van der Waals surface area (Å²) in [4.78, 5) is 11.5. The van der Waals surface area contributed by atoms with Crippen LogP contribution in [0.15, 0.2) is 0 Å². The van der Waals surface area contributed by atoms with Gasteiger partial charge in [-0.2, -0.15) is 0 Å². The third-order valence-electron chi connectivity index (χ3n) is 2.45. The van der Waals surface area contributed by atoms with Crippen molar-refractivity contribution < 1.29 is 9.53 Å². The molecule has 0 saturated heterocycles. The highest BCUT2D eigenvalue weighted by Crippen LogP contribution is 2.00. The average Bonchev–Trinajstić information content (AvgIpc) is 2.30. The topological polar surface area (TPSA) is 64.3 Å². The standard InChI is InChI=1S/C12H26N2O2.ClH/c1-3-5-7-11(10-13)14-12(15)8-6-9-16-4-2;/h11H,3-10,13H2,1-2H3,(H,14,15);1H. The highest BCUT2D eigenvalue weighted by Gasteiger charge is 2.09. The Morgan fingerprint density at radius 3 is 2.59 bits per heavy atom. The molecular formula is C12H27ClN2O2. The van der Waals surface area contributed by atoms with Crippen molar-refractivity contribution in [2.24, 2.45) is 5.73 Å². The molecule has 0 rings (SSSR count). The van der Waals surface area contributed by atoms with Gasteiger partial charge in [-0.25, -0.2) is 0 Å². The van der Waals surface area contributed by atoms with Crippen molar-refractivity contribution in [3.8, 4) is 0 Å². The lowest BCUT2D eigenvalue weighted by Gasteiger charge is -2.16. The van der Waals surface area contributed by atoms with E-state index in [4.69, 9.17) is 10.5 Å². The molecule has 17 heavy (non-hydrogen) atoms. The fourth-order valence-corrected chi connectivity index (χ4v) is 1.48. The Morgan fingerprint density at radius 2 is 2.06 bits per heavy atom. The highest BCUT2D eigenvalue weighted by atomic mass is 35.5. The third kappa shape index (κ3) is 11.9. The van der Waals surface area contributed by atoms with E-state index in [0.29, 0.717) is 26.2 Å². The molecule has 0 aromatic carbocycles. The molecule has 4 nitrogen and oxygen atoms in total. The van der Waals surface area contributed by atoms with E-state index in [1.54, 1.807) is 0 Å². The molecule has 104 valence electrons. The summed E-state index contributed by atoms with van der Waals surface area (Å²) in [5.41, 5.74) is 5.60. The van der Waals surface area contributed by atoms with Crippen LogP contribution >= 0.6 is 12.4 Å². The van der Waals surface area contributed by atoms with E-state index in [2.05, 4.69) is 12.2 Å². The molecule has 0 aromatic rings. The minimum absolute atomic E-state index is 0. The number of amides is 1. The maximum atomic E-state index is 11.5. The number of hydrogen-bond acceptors (Lipinski definition) is 3. The van der Waals surface area contributed by atoms with Crippen molar-refractivity contribution in [1.29, 1.82) is 0 Å². The number of nitrogens with one attached hydrogen (secondary N) is 1. The molecule has 0 fully saturated rings. The van der Waals surface area contributed by atoms with Gasteiger partial charge in [0.05, 0.1) is 0 Å². The van der Waals surface area contributed by atoms with E-state index in [1.807, 2.05) is 6.92 Å². The Kier molecular flexibility index (Phi) is 15.4. The molecule has 0 spiro atoms. The summed E-state index contributed by atoms with van der Waals surface area (Å²) < 4.78 is 5.18. The van der Waals surface area contributed by atoms with Crippen LogP contribution in [0.1, 0.15) is 46.0 Å². The molecule has 0 saturated carbocycles. The van der Waals surface area contributed by atoms with Crippen LogP contribution in [0, 0.1) is 0 Å². The van der Waals surface area contributed by atoms with Crippen molar-refractivity contribution in [3.63, 3.8) is 0 Å². The molecule has 1 amide bonds. The second-order valence-electron chi connectivity index (χ2n) is 3.94. The number of hydrogen-bond donors (Lipinski definition) is 2. The highest BCUT2D eigenvalue weighted by molar-refractivity contribution is 5.85. The van der Waals surface area contributed by atoms with Crippen molar-refractivity contribution in [1.82, 2.24) is 5.32 Å². The average molecular weight is 267 g/mol. The van der Waals surface area contributed by atoms with E-state index in [9.17, 15) is 4.79 Å². The molecule has 0 heterocycles. The second-order valence-corrected chi connectivity index (χ2v) is 3.94. The number of carbonyl (C=O) groups is 1. The van der Waals surface area contributed by atoms with Gasteiger partial charge in [0, 0.05) is 32.2 Å². The zero-order chi connectivity index (χ0) is 12.2. The quantitative estimate of drug-likeness (QED) is 0.593. The Hall–Kier alpha value is -0.320. The molecule has 0 aliphatic heterocycles. The molecule has 0 aromatic heterocycles. The van der Waals surface area contributed by atoms with Crippen LogP contribution in [0.2, 0.25) is 0 Å². The first-order valence-corrected chi connectivity index (χ1v) is 6.31. The minimum atomic E-state index is 0. The normalized spacial score (nSPS) is 11.7. The van der Waals surface area contributed by atoms with Gasteiger partial charge in [-0.3, -0.25) is 4.79 Å². The summed E-state index contributed by atoms with van der Waals surface area (Å²) >= 11 is 0. The van der Waals surface area contributed by atoms with Gasteiger partial charge in [0.2, 0.25) is 5.91 Å². The summed E-state index contributed by atoms with van der Waals surface area (Å²) in [6, 6.07) is 0.138. The van der Waals surface area contributed by atoms with Gasteiger partial charge in [-0.05, 0) is 19.8 Å². The van der Waals surface area contributed by atoms with E-state index >= 15 is 0 Å². The van der Waals surface area contributed by atoms with Gasteiger partial charge in [-0.15, -0.1) is 12.4 Å². The van der Waals surface area contributed by atoms with Gasteiger partial charge >= 0.3 is 0 Å². The summed E-state index contributed by atoms with van der Waals surface area (Å²) in [7, 11) is 0. The second kappa shape index (κ2) is 13.7. The van der Waals surface area contributed by atoms with Gasteiger partial charge in [0.1, 0.15) is 0 Å². The summed E-state index contributed by atoms with van der Waals surface area (Å²) in [6.45, 7) is 5.99. The largest absolute Gasteiger partial charge is 0.382 e. The fourth-order valence-electron chi connectivity index (χ4n) is 1.48. The number of unbranched alkanes of at least 4 members (excludes halogenated alkanes) is 1. The van der Waals surface area contributed by atoms with Gasteiger partial charge in [0.25, 0.3) is 0 Å². The lowest BCUT2D eigenvalue weighted by molar-refractivity contribution is -0.122. The van der Waals surface area contributed by atoms with Gasteiger partial charge < -0.3 is 15.8 Å². The van der Waals surface area contributed by atoms with Crippen LogP contribution in [0.25, 0.3) is 0 Å². The van der Waals surface area contributed by atoms with Gasteiger partial charge in [-0.1, -0.05) is 19.8 Å². The van der Waals surface area contributed by atoms with Crippen LogP contribution in [-0.4, -0.2) is 31.7 Å². The first-order chi connectivity index (χ1) is 7.74. The lowest BCUT2D eigenvalue weighted by atomic mass is 10.1. The summed E-state index contributed by atoms with van der Waals surface area (Å²) in [6.07, 6.45) is 4.54. The van der Waals surface area contributed by atoms with E-state index in [1.165, 1.54) is 0 Å². The minimum Gasteiger partial charge on any atom is -0.382 e. The van der Waals surface area contributed by atoms with Crippen LogP contribution in [-0.2, 0) is 9.53 Å². The third-order valence-corrected chi connectivity index (χ3v) is 2.45. The summed E-state index contributed by atoms with van der Waals surface area (Å²) in [5.74, 6) is 0.0891. The first-order valence-electron chi connectivity index (χ1n) is 6.31. The van der Waals surface area contributed by atoms with E-state index in [-0.39, 0.29) is 24.4 Å². The maximum absolute atomic E-state index is 11.5. The molecule has 0 aliphatic carbocycles. The lowest BCUT2D eigenvalue weighted by Crippen LogP contribution is -2.40. The molecular weight excluding hydrogens is 240 g/mol. The molecule has 1 unspecified atom stereocenters. The first kappa shape index (κ1) is 19.0. The fraction of sp³-hybridized carbons (Fsp3) is 0.917. The van der Waals surface area contributed by atoms with Crippen LogP contribution in [0.4, 0.5) is 0 Å². The number of rotatable bonds is 10. The zero-order valence-electron chi connectivity index (χ0n) is 11.0. The van der Waals surface area contributed by atoms with E-state index in [0.717, 1.165) is 25.7 Å². The van der Waals surface area contributed by atoms with Gasteiger partial charge in [0.15, 0.2) is 0 Å². The molecule has 0 bridgehead atoms. The van der Waals surface area contributed by atoms with Crippen LogP contribution < -0.4 is 11.1 Å². The predicted molar refractivity (Wildman–Crippen MR) is 73.5 cm³/mol. The van der Waals surface area contributed by atoms with Crippen LogP contribution in [0.3, 0.4) is 0 Å².